The predicted octanol–water partition coefficient (Wildman–Crippen LogP) is 5.00. The van der Waals surface area contributed by atoms with Crippen LogP contribution in [0.15, 0.2) is 36.4 Å². The summed E-state index contributed by atoms with van der Waals surface area (Å²) < 4.78 is 38.5. The van der Waals surface area contributed by atoms with Gasteiger partial charge in [-0.25, -0.2) is 0 Å². The molecule has 0 aliphatic rings. The van der Waals surface area contributed by atoms with Crippen LogP contribution in [-0.4, -0.2) is 0 Å². The Kier molecular flexibility index (Phi) is 3.24. The minimum atomic E-state index is -4.30. The summed E-state index contributed by atoms with van der Waals surface area (Å²) in [6.45, 7) is 1.99. The smallest absolute Gasteiger partial charge is 0.166 e. The molecule has 0 atom stereocenters. The van der Waals surface area contributed by atoms with Crippen molar-refractivity contribution in [2.75, 3.05) is 0 Å². The van der Waals surface area contributed by atoms with Crippen LogP contribution in [0.4, 0.5) is 13.2 Å². The Morgan fingerprint density at radius 2 is 1.76 bits per heavy atom. The molecule has 0 spiro atoms. The zero-order valence-corrected chi connectivity index (χ0v) is 10.0. The molecule has 2 aromatic rings. The third kappa shape index (κ3) is 2.52. The largest absolute Gasteiger partial charge is 0.417 e. The van der Waals surface area contributed by atoms with E-state index in [1.54, 1.807) is 12.1 Å². The van der Waals surface area contributed by atoms with Gasteiger partial charge >= 0.3 is 6.18 Å². The lowest BCUT2D eigenvalue weighted by atomic mass is 10.1. The molecule has 4 heteroatoms. The Labute approximate surface area is 102 Å². The number of benzene rings is 1. The van der Waals surface area contributed by atoms with Crippen LogP contribution < -0.4 is 0 Å². The molecule has 0 amide bonds. The molecule has 0 aliphatic heterocycles. The number of rotatable bonds is 2. The van der Waals surface area contributed by atoms with Gasteiger partial charge in [0.05, 0.1) is 5.56 Å². The summed E-state index contributed by atoms with van der Waals surface area (Å²) in [7, 11) is 0. The second-order valence-electron chi connectivity index (χ2n) is 3.66. The Morgan fingerprint density at radius 1 is 1.06 bits per heavy atom. The maximum Gasteiger partial charge on any atom is 0.417 e. The second kappa shape index (κ2) is 4.53. The van der Waals surface area contributed by atoms with Gasteiger partial charge in [-0.1, -0.05) is 25.1 Å². The predicted molar refractivity (Wildman–Crippen MR) is 64.1 cm³/mol. The van der Waals surface area contributed by atoms with Gasteiger partial charge in [0, 0.05) is 15.3 Å². The molecule has 1 aromatic heterocycles. The van der Waals surface area contributed by atoms with E-state index in [2.05, 4.69) is 0 Å². The average Bonchev–Trinajstić information content (AvgIpc) is 2.76. The molecule has 0 unspecified atom stereocenters. The van der Waals surface area contributed by atoms with Gasteiger partial charge in [0.2, 0.25) is 0 Å². The first-order valence-electron chi connectivity index (χ1n) is 5.27. The first-order chi connectivity index (χ1) is 8.02. The van der Waals surface area contributed by atoms with E-state index in [1.165, 1.54) is 23.5 Å². The van der Waals surface area contributed by atoms with Crippen LogP contribution in [0.3, 0.4) is 0 Å². The Morgan fingerprint density at radius 3 is 2.35 bits per heavy atom. The molecule has 0 aliphatic carbocycles. The van der Waals surface area contributed by atoms with E-state index >= 15 is 0 Å². The summed E-state index contributed by atoms with van der Waals surface area (Å²) in [5.41, 5.74) is -0.297. The number of hydrogen-bond acceptors (Lipinski definition) is 1. The molecule has 0 nitrogen and oxygen atoms in total. The molecule has 2 rings (SSSR count). The maximum atomic E-state index is 12.8. The van der Waals surface area contributed by atoms with Crippen molar-refractivity contribution in [1.29, 1.82) is 0 Å². The maximum absolute atomic E-state index is 12.8. The SMILES string of the molecule is CCc1ccc(-c2ccccc2C(F)(F)F)s1. The van der Waals surface area contributed by atoms with Gasteiger partial charge < -0.3 is 0 Å². The van der Waals surface area contributed by atoms with Crippen molar-refractivity contribution in [3.05, 3.63) is 46.8 Å². The number of alkyl halides is 3. The third-order valence-electron chi connectivity index (χ3n) is 2.51. The Hall–Kier alpha value is -1.29. The molecule has 0 bridgehead atoms. The van der Waals surface area contributed by atoms with Crippen molar-refractivity contribution in [3.8, 4) is 10.4 Å². The fourth-order valence-corrected chi connectivity index (χ4v) is 2.64. The van der Waals surface area contributed by atoms with E-state index in [0.29, 0.717) is 4.88 Å². The highest BCUT2D eigenvalue weighted by Gasteiger charge is 2.33. The highest BCUT2D eigenvalue weighted by atomic mass is 32.1. The normalized spacial score (nSPS) is 11.8. The summed E-state index contributed by atoms with van der Waals surface area (Å²) in [6.07, 6.45) is -3.45. The van der Waals surface area contributed by atoms with Crippen LogP contribution in [0.25, 0.3) is 10.4 Å². The van der Waals surface area contributed by atoms with Gasteiger partial charge in [-0.05, 0) is 24.6 Å². The lowest BCUT2D eigenvalue weighted by molar-refractivity contribution is -0.137. The lowest BCUT2D eigenvalue weighted by Crippen LogP contribution is -2.06. The average molecular weight is 256 g/mol. The monoisotopic (exact) mass is 256 g/mol. The molecule has 0 radical (unpaired) electrons. The Bertz CT molecular complexity index is 511. The van der Waals surface area contributed by atoms with E-state index in [-0.39, 0.29) is 5.56 Å². The molecule has 17 heavy (non-hydrogen) atoms. The summed E-state index contributed by atoms with van der Waals surface area (Å²) in [4.78, 5) is 1.77. The molecule has 90 valence electrons. The number of thiophene rings is 1. The van der Waals surface area contributed by atoms with E-state index in [0.717, 1.165) is 17.4 Å². The molecule has 0 fully saturated rings. The first kappa shape index (κ1) is 12.2. The minimum absolute atomic E-state index is 0.268. The fourth-order valence-electron chi connectivity index (χ4n) is 1.66. The van der Waals surface area contributed by atoms with Crippen molar-refractivity contribution >= 4 is 11.3 Å². The zero-order chi connectivity index (χ0) is 12.5. The molecule has 0 N–H and O–H groups in total. The zero-order valence-electron chi connectivity index (χ0n) is 9.21. The fraction of sp³-hybridized carbons (Fsp3) is 0.231. The van der Waals surface area contributed by atoms with Crippen LogP contribution in [0.1, 0.15) is 17.4 Å². The Balaban J connectivity index is 2.52. The van der Waals surface area contributed by atoms with Gasteiger partial charge in [0.25, 0.3) is 0 Å². The highest BCUT2D eigenvalue weighted by Crippen LogP contribution is 2.39. The van der Waals surface area contributed by atoms with E-state index in [9.17, 15) is 13.2 Å². The van der Waals surface area contributed by atoms with Crippen molar-refractivity contribution < 1.29 is 13.2 Å². The number of aryl methyl sites for hydroxylation is 1. The number of hydrogen-bond donors (Lipinski definition) is 0. The van der Waals surface area contributed by atoms with Crippen molar-refractivity contribution in [3.63, 3.8) is 0 Å². The van der Waals surface area contributed by atoms with Crippen LogP contribution in [0, 0.1) is 0 Å². The van der Waals surface area contributed by atoms with Crippen LogP contribution in [0.2, 0.25) is 0 Å². The number of halogens is 3. The summed E-state index contributed by atoms with van der Waals surface area (Å²) >= 11 is 1.42. The van der Waals surface area contributed by atoms with Crippen LogP contribution >= 0.6 is 11.3 Å². The van der Waals surface area contributed by atoms with Crippen molar-refractivity contribution in [2.45, 2.75) is 19.5 Å². The third-order valence-corrected chi connectivity index (χ3v) is 3.77. The van der Waals surface area contributed by atoms with Gasteiger partial charge in [-0.15, -0.1) is 11.3 Å². The van der Waals surface area contributed by atoms with Gasteiger partial charge in [-0.2, -0.15) is 13.2 Å². The summed E-state index contributed by atoms with van der Waals surface area (Å²) in [6, 6.07) is 9.34. The highest BCUT2D eigenvalue weighted by molar-refractivity contribution is 7.15. The quantitative estimate of drug-likeness (QED) is 0.709. The van der Waals surface area contributed by atoms with E-state index < -0.39 is 11.7 Å². The second-order valence-corrected chi connectivity index (χ2v) is 4.83. The van der Waals surface area contributed by atoms with Crippen molar-refractivity contribution in [2.24, 2.45) is 0 Å². The lowest BCUT2D eigenvalue weighted by Gasteiger charge is -2.11. The molecular weight excluding hydrogens is 245 g/mol. The standard InChI is InChI=1S/C13H11F3S/c1-2-9-7-8-12(17-9)10-5-3-4-6-11(10)13(14,15)16/h3-8H,2H2,1H3. The molecular formula is C13H11F3S. The minimum Gasteiger partial charge on any atom is -0.166 e. The van der Waals surface area contributed by atoms with E-state index in [1.807, 2.05) is 13.0 Å². The molecule has 1 aromatic carbocycles. The van der Waals surface area contributed by atoms with Gasteiger partial charge in [0.1, 0.15) is 0 Å². The van der Waals surface area contributed by atoms with Crippen LogP contribution in [-0.2, 0) is 12.6 Å². The first-order valence-corrected chi connectivity index (χ1v) is 6.09. The van der Waals surface area contributed by atoms with E-state index in [4.69, 9.17) is 0 Å². The summed E-state index contributed by atoms with van der Waals surface area (Å²) in [5.74, 6) is 0. The van der Waals surface area contributed by atoms with Crippen molar-refractivity contribution in [1.82, 2.24) is 0 Å². The summed E-state index contributed by atoms with van der Waals surface area (Å²) in [5, 5.41) is 0. The molecule has 0 saturated carbocycles. The molecule has 0 saturated heterocycles. The van der Waals surface area contributed by atoms with Gasteiger partial charge in [0.15, 0.2) is 0 Å². The van der Waals surface area contributed by atoms with Gasteiger partial charge in [-0.3, -0.25) is 0 Å². The molecule has 1 heterocycles. The topological polar surface area (TPSA) is 0 Å². The van der Waals surface area contributed by atoms with Crippen LogP contribution in [0.5, 0.6) is 0 Å².